The van der Waals surface area contributed by atoms with Crippen molar-refractivity contribution in [2.45, 2.75) is 39.8 Å². The van der Waals surface area contributed by atoms with Gasteiger partial charge in [0.05, 0.1) is 18.7 Å². The molecule has 0 aliphatic carbocycles. The number of carbonyl (C=O) groups excluding carboxylic acids is 1. The summed E-state index contributed by atoms with van der Waals surface area (Å²) in [7, 11) is 1.33. The second-order valence-electron chi connectivity index (χ2n) is 7.15. The second kappa shape index (κ2) is 7.99. The molecule has 3 rings (SSSR count). The van der Waals surface area contributed by atoms with Gasteiger partial charge in [0.25, 0.3) is 0 Å². The van der Waals surface area contributed by atoms with Crippen LogP contribution in [0.15, 0.2) is 42.5 Å². The summed E-state index contributed by atoms with van der Waals surface area (Å²) in [6.45, 7) is 7.80. The summed E-state index contributed by atoms with van der Waals surface area (Å²) in [4.78, 5) is 22.8. The van der Waals surface area contributed by atoms with Crippen molar-refractivity contribution in [3.8, 4) is 5.75 Å². The number of aryl methyl sites for hydroxylation is 1. The Balaban J connectivity index is 1.93. The van der Waals surface area contributed by atoms with Gasteiger partial charge in [-0.1, -0.05) is 12.1 Å². The van der Waals surface area contributed by atoms with E-state index in [1.54, 1.807) is 19.1 Å². The number of fused-ring (bicyclic) bond motifs is 1. The summed E-state index contributed by atoms with van der Waals surface area (Å²) in [6.07, 6.45) is -0.676. The van der Waals surface area contributed by atoms with Gasteiger partial charge in [0.2, 0.25) is 0 Å². The minimum Gasteiger partial charge on any atom is -0.479 e. The highest BCUT2D eigenvalue weighted by molar-refractivity contribution is 5.95. The third kappa shape index (κ3) is 3.83. The first-order valence-corrected chi connectivity index (χ1v) is 9.43. The lowest BCUT2D eigenvalue weighted by molar-refractivity contribution is -0.147. The molecule has 0 aliphatic heterocycles. The van der Waals surface area contributed by atoms with Gasteiger partial charge in [0, 0.05) is 16.6 Å². The van der Waals surface area contributed by atoms with Crippen molar-refractivity contribution in [3.05, 3.63) is 64.8 Å². The second-order valence-corrected chi connectivity index (χ2v) is 7.15. The number of aromatic nitrogens is 1. The zero-order valence-electron chi connectivity index (χ0n) is 17.2. The first kappa shape index (κ1) is 20.5. The predicted molar refractivity (Wildman–Crippen MR) is 111 cm³/mol. The summed E-state index contributed by atoms with van der Waals surface area (Å²) in [5, 5.41) is 10.2. The van der Waals surface area contributed by atoms with Crippen LogP contribution in [0.4, 0.5) is 0 Å². The molecule has 1 aromatic heterocycles. The molecule has 0 radical (unpaired) electrons. The molecule has 0 amide bonds. The zero-order chi connectivity index (χ0) is 21.3. The molecule has 0 spiro atoms. The van der Waals surface area contributed by atoms with E-state index in [0.29, 0.717) is 5.75 Å². The smallest absolute Gasteiger partial charge is 0.346 e. The van der Waals surface area contributed by atoms with Crippen LogP contribution in [-0.4, -0.2) is 34.8 Å². The van der Waals surface area contributed by atoms with Gasteiger partial charge in [0.15, 0.2) is 6.10 Å². The van der Waals surface area contributed by atoms with Crippen molar-refractivity contribution < 1.29 is 24.2 Å². The normalized spacial score (nSPS) is 13.1. The van der Waals surface area contributed by atoms with E-state index in [-0.39, 0.29) is 11.6 Å². The highest BCUT2D eigenvalue weighted by Gasteiger charge is 2.19. The average Bonchev–Trinajstić information content (AvgIpc) is 2.97. The van der Waals surface area contributed by atoms with Gasteiger partial charge < -0.3 is 19.1 Å². The van der Waals surface area contributed by atoms with E-state index >= 15 is 0 Å². The monoisotopic (exact) mass is 395 g/mol. The quantitative estimate of drug-likeness (QED) is 0.622. The van der Waals surface area contributed by atoms with Gasteiger partial charge in [-0.25, -0.2) is 9.59 Å². The predicted octanol–water partition coefficient (Wildman–Crippen LogP) is 4.51. The van der Waals surface area contributed by atoms with Crippen LogP contribution in [0.3, 0.4) is 0 Å². The largest absolute Gasteiger partial charge is 0.479 e. The van der Waals surface area contributed by atoms with E-state index in [4.69, 9.17) is 4.74 Å². The van der Waals surface area contributed by atoms with Crippen molar-refractivity contribution in [2.24, 2.45) is 0 Å². The van der Waals surface area contributed by atoms with E-state index in [0.717, 1.165) is 27.7 Å². The standard InChI is InChI=1S/C23H25NO5/c1-13-14(2)24(21-11-8-18(22(25)26)12-20(13)21)15(3)17-6-9-19(10-7-17)29-16(4)23(27)28-5/h6-12,15-16H,1-5H3,(H,25,26). The number of benzene rings is 2. The molecular formula is C23H25NO5. The van der Waals surface area contributed by atoms with Crippen LogP contribution < -0.4 is 4.74 Å². The number of carboxylic acid groups (broad SMARTS) is 1. The lowest BCUT2D eigenvalue weighted by atomic mass is 10.1. The van der Waals surface area contributed by atoms with E-state index < -0.39 is 18.0 Å². The SMILES string of the molecule is COC(=O)C(C)Oc1ccc(C(C)n2c(C)c(C)c3cc(C(=O)O)ccc32)cc1. The molecule has 0 bridgehead atoms. The number of ether oxygens (including phenoxy) is 2. The third-order valence-electron chi connectivity index (χ3n) is 5.41. The summed E-state index contributed by atoms with van der Waals surface area (Å²) >= 11 is 0. The molecular weight excluding hydrogens is 370 g/mol. The Morgan fingerprint density at radius 3 is 2.28 bits per heavy atom. The molecule has 1 heterocycles. The van der Waals surface area contributed by atoms with Crippen LogP contribution in [0, 0.1) is 13.8 Å². The molecule has 0 saturated carbocycles. The molecule has 2 aromatic carbocycles. The van der Waals surface area contributed by atoms with Crippen LogP contribution in [0.2, 0.25) is 0 Å². The number of methoxy groups -OCH3 is 1. The number of nitrogens with zero attached hydrogens (tertiary/aromatic N) is 1. The number of hydrogen-bond acceptors (Lipinski definition) is 4. The van der Waals surface area contributed by atoms with Crippen molar-refractivity contribution in [3.63, 3.8) is 0 Å². The van der Waals surface area contributed by atoms with Gasteiger partial charge in [-0.2, -0.15) is 0 Å². The van der Waals surface area contributed by atoms with Gasteiger partial charge in [-0.05, 0) is 69.2 Å². The Kier molecular flexibility index (Phi) is 5.64. The van der Waals surface area contributed by atoms with E-state index in [1.807, 2.05) is 44.2 Å². The molecule has 0 saturated heterocycles. The van der Waals surface area contributed by atoms with E-state index in [2.05, 4.69) is 16.2 Å². The fraction of sp³-hybridized carbons (Fsp3) is 0.304. The topological polar surface area (TPSA) is 77.8 Å². The first-order valence-electron chi connectivity index (χ1n) is 9.43. The molecule has 29 heavy (non-hydrogen) atoms. The van der Waals surface area contributed by atoms with E-state index in [1.165, 1.54) is 7.11 Å². The molecule has 6 nitrogen and oxygen atoms in total. The molecule has 3 aromatic rings. The minimum atomic E-state index is -0.929. The van der Waals surface area contributed by atoms with Gasteiger partial charge in [0.1, 0.15) is 5.75 Å². The molecule has 0 fully saturated rings. The number of rotatable bonds is 6. The van der Waals surface area contributed by atoms with Gasteiger partial charge >= 0.3 is 11.9 Å². The lowest BCUT2D eigenvalue weighted by Crippen LogP contribution is -2.24. The fourth-order valence-corrected chi connectivity index (χ4v) is 3.63. The van der Waals surface area contributed by atoms with Crippen molar-refractivity contribution in [2.75, 3.05) is 7.11 Å². The number of carbonyl (C=O) groups is 2. The first-order chi connectivity index (χ1) is 13.7. The molecule has 1 N–H and O–H groups in total. The van der Waals surface area contributed by atoms with Crippen LogP contribution in [0.25, 0.3) is 10.9 Å². The Labute approximate surface area is 169 Å². The Bertz CT molecular complexity index is 1070. The summed E-state index contributed by atoms with van der Waals surface area (Å²) in [6, 6.07) is 12.9. The maximum absolute atomic E-state index is 11.5. The van der Waals surface area contributed by atoms with Crippen LogP contribution in [0.1, 0.15) is 47.1 Å². The molecule has 6 heteroatoms. The third-order valence-corrected chi connectivity index (χ3v) is 5.41. The Hall–Kier alpha value is -3.28. The Morgan fingerprint density at radius 2 is 1.69 bits per heavy atom. The number of carboxylic acids is 1. The zero-order valence-corrected chi connectivity index (χ0v) is 17.2. The molecule has 2 unspecified atom stereocenters. The molecule has 0 aliphatic rings. The fourth-order valence-electron chi connectivity index (χ4n) is 3.63. The summed E-state index contributed by atoms with van der Waals surface area (Å²) < 4.78 is 12.5. The number of aromatic carboxylic acids is 1. The highest BCUT2D eigenvalue weighted by atomic mass is 16.6. The minimum absolute atomic E-state index is 0.0361. The van der Waals surface area contributed by atoms with E-state index in [9.17, 15) is 14.7 Å². The number of hydrogen-bond donors (Lipinski definition) is 1. The van der Waals surface area contributed by atoms with Gasteiger partial charge in [-0.15, -0.1) is 0 Å². The molecule has 2 atom stereocenters. The van der Waals surface area contributed by atoms with Gasteiger partial charge in [-0.3, -0.25) is 0 Å². The van der Waals surface area contributed by atoms with Crippen molar-refractivity contribution in [1.82, 2.24) is 4.57 Å². The summed E-state index contributed by atoms with van der Waals surface area (Å²) in [5.41, 5.74) is 4.52. The number of esters is 1. The lowest BCUT2D eigenvalue weighted by Gasteiger charge is -2.19. The highest BCUT2D eigenvalue weighted by Crippen LogP contribution is 2.32. The van der Waals surface area contributed by atoms with Crippen molar-refractivity contribution in [1.29, 1.82) is 0 Å². The average molecular weight is 395 g/mol. The Morgan fingerprint density at radius 1 is 1.03 bits per heavy atom. The summed E-state index contributed by atoms with van der Waals surface area (Å²) in [5.74, 6) is -0.759. The van der Waals surface area contributed by atoms with Crippen LogP contribution >= 0.6 is 0 Å². The van der Waals surface area contributed by atoms with Crippen LogP contribution in [0.5, 0.6) is 5.75 Å². The molecule has 152 valence electrons. The van der Waals surface area contributed by atoms with Crippen LogP contribution in [-0.2, 0) is 9.53 Å². The maximum atomic E-state index is 11.5. The van der Waals surface area contributed by atoms with Crippen molar-refractivity contribution >= 4 is 22.8 Å². The maximum Gasteiger partial charge on any atom is 0.346 e.